The van der Waals surface area contributed by atoms with Crippen molar-refractivity contribution in [2.45, 2.75) is 19.8 Å². The lowest BCUT2D eigenvalue weighted by molar-refractivity contribution is -0.125. The molecule has 0 aliphatic carbocycles. The molecule has 17 heavy (non-hydrogen) atoms. The Balaban J connectivity index is 2.00. The van der Waals surface area contributed by atoms with Crippen LogP contribution in [0.1, 0.15) is 19.8 Å². The van der Waals surface area contributed by atoms with Crippen LogP contribution in [-0.4, -0.2) is 25.5 Å². The van der Waals surface area contributed by atoms with E-state index in [0.717, 1.165) is 32.5 Å². The Morgan fingerprint density at radius 2 is 2.18 bits per heavy atom. The van der Waals surface area contributed by atoms with E-state index in [1.54, 1.807) is 0 Å². The molecular weight excluding hydrogens is 212 g/mol. The Hall–Kier alpha value is -1.51. The third-order valence-electron chi connectivity index (χ3n) is 3.26. The van der Waals surface area contributed by atoms with Gasteiger partial charge in [-0.15, -0.1) is 0 Å². The van der Waals surface area contributed by atoms with Crippen LogP contribution in [0, 0.1) is 5.92 Å². The number of nitrogens with one attached hydrogen (secondary N) is 1. The van der Waals surface area contributed by atoms with E-state index in [-0.39, 0.29) is 11.8 Å². The topological polar surface area (TPSA) is 32.3 Å². The van der Waals surface area contributed by atoms with E-state index in [9.17, 15) is 4.79 Å². The second kappa shape index (κ2) is 5.71. The molecule has 1 fully saturated rings. The van der Waals surface area contributed by atoms with Crippen LogP contribution in [-0.2, 0) is 4.79 Å². The third kappa shape index (κ3) is 2.99. The monoisotopic (exact) mass is 232 g/mol. The zero-order valence-corrected chi connectivity index (χ0v) is 10.4. The van der Waals surface area contributed by atoms with Gasteiger partial charge >= 0.3 is 0 Å². The highest BCUT2D eigenvalue weighted by Crippen LogP contribution is 2.22. The van der Waals surface area contributed by atoms with Gasteiger partial charge in [-0.05, 0) is 31.9 Å². The molecule has 1 aromatic rings. The fraction of sp³-hybridized carbons (Fsp3) is 0.500. The van der Waals surface area contributed by atoms with E-state index in [2.05, 4.69) is 22.3 Å². The van der Waals surface area contributed by atoms with Gasteiger partial charge in [-0.1, -0.05) is 18.2 Å². The molecule has 1 N–H and O–H groups in total. The van der Waals surface area contributed by atoms with E-state index in [0.29, 0.717) is 0 Å². The minimum Gasteiger partial charge on any atom is -0.371 e. The van der Waals surface area contributed by atoms with Gasteiger partial charge in [0.2, 0.25) is 5.91 Å². The number of nitrogens with zero attached hydrogens (tertiary/aromatic N) is 1. The SMILES string of the molecule is CCNC(=O)C1CCCN(c2ccccc2)C1. The van der Waals surface area contributed by atoms with Crippen molar-refractivity contribution in [3.63, 3.8) is 0 Å². The summed E-state index contributed by atoms with van der Waals surface area (Å²) in [6.07, 6.45) is 2.10. The van der Waals surface area contributed by atoms with Crippen LogP contribution in [0.2, 0.25) is 0 Å². The van der Waals surface area contributed by atoms with Crippen molar-refractivity contribution >= 4 is 11.6 Å². The molecule has 1 aliphatic heterocycles. The van der Waals surface area contributed by atoms with Gasteiger partial charge in [-0.25, -0.2) is 0 Å². The number of piperidine rings is 1. The molecule has 1 saturated heterocycles. The maximum absolute atomic E-state index is 11.8. The minimum absolute atomic E-state index is 0.143. The van der Waals surface area contributed by atoms with E-state index < -0.39 is 0 Å². The van der Waals surface area contributed by atoms with Crippen molar-refractivity contribution < 1.29 is 4.79 Å². The molecule has 0 aromatic heterocycles. The van der Waals surface area contributed by atoms with E-state index in [1.165, 1.54) is 5.69 Å². The molecule has 92 valence electrons. The van der Waals surface area contributed by atoms with Crippen LogP contribution >= 0.6 is 0 Å². The third-order valence-corrected chi connectivity index (χ3v) is 3.26. The maximum atomic E-state index is 11.8. The second-order valence-corrected chi connectivity index (χ2v) is 4.52. The summed E-state index contributed by atoms with van der Waals surface area (Å²) in [5, 5.41) is 2.92. The van der Waals surface area contributed by atoms with Gasteiger partial charge in [0.05, 0.1) is 5.92 Å². The number of carbonyl (C=O) groups is 1. The zero-order valence-electron chi connectivity index (χ0n) is 10.4. The summed E-state index contributed by atoms with van der Waals surface area (Å²) < 4.78 is 0. The first-order valence-corrected chi connectivity index (χ1v) is 6.39. The lowest BCUT2D eigenvalue weighted by Crippen LogP contribution is -2.43. The first kappa shape index (κ1) is 12.0. The summed E-state index contributed by atoms with van der Waals surface area (Å²) in [7, 11) is 0. The van der Waals surface area contributed by atoms with Gasteiger partial charge < -0.3 is 10.2 Å². The maximum Gasteiger partial charge on any atom is 0.224 e. The average molecular weight is 232 g/mol. The van der Waals surface area contributed by atoms with Crippen LogP contribution in [0.25, 0.3) is 0 Å². The van der Waals surface area contributed by atoms with Crippen LogP contribution in [0.5, 0.6) is 0 Å². The largest absolute Gasteiger partial charge is 0.371 e. The molecule has 1 aromatic carbocycles. The van der Waals surface area contributed by atoms with Crippen molar-refractivity contribution in [1.29, 1.82) is 0 Å². The van der Waals surface area contributed by atoms with Gasteiger partial charge in [0.1, 0.15) is 0 Å². The summed E-state index contributed by atoms with van der Waals surface area (Å²) in [6, 6.07) is 10.3. The first-order valence-electron chi connectivity index (χ1n) is 6.39. The van der Waals surface area contributed by atoms with E-state index >= 15 is 0 Å². The van der Waals surface area contributed by atoms with Gasteiger partial charge in [-0.2, -0.15) is 0 Å². The minimum atomic E-state index is 0.143. The number of carbonyl (C=O) groups excluding carboxylic acids is 1. The number of hydrogen-bond donors (Lipinski definition) is 1. The number of anilines is 1. The lowest BCUT2D eigenvalue weighted by Gasteiger charge is -2.33. The van der Waals surface area contributed by atoms with Crippen LogP contribution < -0.4 is 10.2 Å². The predicted octanol–water partition coefficient (Wildman–Crippen LogP) is 2.04. The molecule has 1 aliphatic rings. The normalized spacial score (nSPS) is 20.1. The van der Waals surface area contributed by atoms with E-state index in [1.807, 2.05) is 25.1 Å². The van der Waals surface area contributed by atoms with Crippen molar-refractivity contribution in [1.82, 2.24) is 5.32 Å². The highest BCUT2D eigenvalue weighted by atomic mass is 16.1. The van der Waals surface area contributed by atoms with Crippen molar-refractivity contribution in [2.75, 3.05) is 24.5 Å². The zero-order chi connectivity index (χ0) is 12.1. The predicted molar refractivity (Wildman–Crippen MR) is 70.1 cm³/mol. The first-order chi connectivity index (χ1) is 8.31. The highest BCUT2D eigenvalue weighted by Gasteiger charge is 2.25. The quantitative estimate of drug-likeness (QED) is 0.865. The van der Waals surface area contributed by atoms with Crippen molar-refractivity contribution in [3.8, 4) is 0 Å². The smallest absolute Gasteiger partial charge is 0.224 e. The number of para-hydroxylation sites is 1. The molecule has 0 spiro atoms. The molecule has 0 radical (unpaired) electrons. The van der Waals surface area contributed by atoms with Gasteiger partial charge in [0.25, 0.3) is 0 Å². The molecule has 3 nitrogen and oxygen atoms in total. The molecular formula is C14H20N2O. The molecule has 0 saturated carbocycles. The Labute approximate surface area is 103 Å². The average Bonchev–Trinajstić information content (AvgIpc) is 2.40. The molecule has 2 rings (SSSR count). The second-order valence-electron chi connectivity index (χ2n) is 4.52. The summed E-state index contributed by atoms with van der Waals surface area (Å²) >= 11 is 0. The van der Waals surface area contributed by atoms with Crippen molar-refractivity contribution in [3.05, 3.63) is 30.3 Å². The molecule has 0 bridgehead atoms. The van der Waals surface area contributed by atoms with Crippen LogP contribution in [0.15, 0.2) is 30.3 Å². The van der Waals surface area contributed by atoms with Gasteiger partial charge in [0.15, 0.2) is 0 Å². The Morgan fingerprint density at radius 1 is 1.41 bits per heavy atom. The van der Waals surface area contributed by atoms with Crippen molar-refractivity contribution in [2.24, 2.45) is 5.92 Å². The molecule has 1 heterocycles. The summed E-state index contributed by atoms with van der Waals surface area (Å²) in [5.74, 6) is 0.344. The van der Waals surface area contributed by atoms with Gasteiger partial charge in [0, 0.05) is 25.3 Å². The fourth-order valence-electron chi connectivity index (χ4n) is 2.38. The Kier molecular flexibility index (Phi) is 4.02. The lowest BCUT2D eigenvalue weighted by atomic mass is 9.96. The van der Waals surface area contributed by atoms with E-state index in [4.69, 9.17) is 0 Å². The molecule has 1 unspecified atom stereocenters. The number of hydrogen-bond acceptors (Lipinski definition) is 2. The fourth-order valence-corrected chi connectivity index (χ4v) is 2.38. The summed E-state index contributed by atoms with van der Waals surface area (Å²) in [5.41, 5.74) is 1.22. The standard InChI is InChI=1S/C14H20N2O/c1-2-15-14(17)12-7-6-10-16(11-12)13-8-4-3-5-9-13/h3-5,8-9,12H,2,6-7,10-11H2,1H3,(H,15,17). The Morgan fingerprint density at radius 3 is 2.88 bits per heavy atom. The number of amides is 1. The molecule has 1 amide bonds. The van der Waals surface area contributed by atoms with Gasteiger partial charge in [-0.3, -0.25) is 4.79 Å². The molecule has 3 heteroatoms. The Bertz CT molecular complexity index is 364. The summed E-state index contributed by atoms with van der Waals surface area (Å²) in [6.45, 7) is 4.59. The summed E-state index contributed by atoms with van der Waals surface area (Å²) in [4.78, 5) is 14.1. The van der Waals surface area contributed by atoms with Crippen LogP contribution in [0.4, 0.5) is 5.69 Å². The number of benzene rings is 1. The number of rotatable bonds is 3. The molecule has 1 atom stereocenters. The van der Waals surface area contributed by atoms with Crippen LogP contribution in [0.3, 0.4) is 0 Å². The highest BCUT2D eigenvalue weighted by molar-refractivity contribution is 5.79.